The zero-order chi connectivity index (χ0) is 19.1. The quantitative estimate of drug-likeness (QED) is 0.582. The summed E-state index contributed by atoms with van der Waals surface area (Å²) in [5, 5.41) is 9.40. The van der Waals surface area contributed by atoms with Crippen LogP contribution in [0.5, 0.6) is 5.75 Å². The van der Waals surface area contributed by atoms with Crippen molar-refractivity contribution in [2.24, 2.45) is 0 Å². The highest BCUT2D eigenvalue weighted by atomic mass is 32.2. The molecule has 136 valence electrons. The van der Waals surface area contributed by atoms with Gasteiger partial charge >= 0.3 is 11.9 Å². The maximum atomic E-state index is 11.8. The first-order chi connectivity index (χ1) is 12.5. The largest absolute Gasteiger partial charge is 0.496 e. The van der Waals surface area contributed by atoms with Crippen LogP contribution in [0, 0.1) is 0 Å². The Bertz CT molecular complexity index is 848. The molecule has 26 heavy (non-hydrogen) atoms. The molecule has 6 nitrogen and oxygen atoms in total. The normalized spacial score (nSPS) is 10.7. The minimum atomic E-state index is -1.17. The molecule has 0 saturated heterocycles. The highest BCUT2D eigenvalue weighted by Crippen LogP contribution is 2.29. The smallest absolute Gasteiger partial charge is 0.339 e. The number of hydrogen-bond acceptors (Lipinski definition) is 6. The van der Waals surface area contributed by atoms with Crippen LogP contribution in [0.3, 0.4) is 0 Å². The molecular weight excluding hydrogens is 354 g/mol. The molecule has 0 unspecified atom stereocenters. The number of esters is 1. The van der Waals surface area contributed by atoms with Crippen LogP contribution in [-0.4, -0.2) is 42.0 Å². The average molecular weight is 373 g/mol. The molecule has 1 N–H and O–H groups in total. The monoisotopic (exact) mass is 373 g/mol. The molecule has 0 aliphatic rings. The molecule has 0 bridgehead atoms. The van der Waals surface area contributed by atoms with E-state index < -0.39 is 11.9 Å². The van der Waals surface area contributed by atoms with Crippen LogP contribution in [-0.2, 0) is 4.74 Å². The Morgan fingerprint density at radius 1 is 1.27 bits per heavy atom. The number of carboxylic acid groups (broad SMARTS) is 1. The van der Waals surface area contributed by atoms with Gasteiger partial charge in [0.1, 0.15) is 5.75 Å². The van der Waals surface area contributed by atoms with Gasteiger partial charge in [-0.2, -0.15) is 0 Å². The van der Waals surface area contributed by atoms with Crippen LogP contribution in [0.4, 0.5) is 0 Å². The predicted octanol–water partition coefficient (Wildman–Crippen LogP) is 3.86. The van der Waals surface area contributed by atoms with Gasteiger partial charge in [0, 0.05) is 11.1 Å². The number of nitrogens with zero attached hydrogens (tertiary/aromatic N) is 1. The summed E-state index contributed by atoms with van der Waals surface area (Å²) in [6.45, 7) is 1.88. The summed E-state index contributed by atoms with van der Waals surface area (Å²) >= 11 is 1.57. The molecule has 0 aliphatic carbocycles. The second-order valence-electron chi connectivity index (χ2n) is 5.13. The lowest BCUT2D eigenvalue weighted by molar-refractivity contribution is 0.0526. The summed E-state index contributed by atoms with van der Waals surface area (Å²) in [6.07, 6.45) is 6.60. The van der Waals surface area contributed by atoms with E-state index in [1.807, 2.05) is 24.5 Å². The molecule has 0 aliphatic heterocycles. The van der Waals surface area contributed by atoms with Crippen molar-refractivity contribution in [2.75, 3.05) is 20.0 Å². The number of hydrogen-bond donors (Lipinski definition) is 1. The average Bonchev–Trinajstić information content (AvgIpc) is 2.65. The summed E-state index contributed by atoms with van der Waals surface area (Å²) in [4.78, 5) is 28.4. The Labute approximate surface area is 155 Å². The number of carbonyl (C=O) groups is 2. The maximum Gasteiger partial charge on any atom is 0.339 e. The van der Waals surface area contributed by atoms with Gasteiger partial charge in [0.05, 0.1) is 30.5 Å². The number of pyridine rings is 1. The van der Waals surface area contributed by atoms with E-state index in [2.05, 4.69) is 4.98 Å². The van der Waals surface area contributed by atoms with Gasteiger partial charge in [-0.15, -0.1) is 11.8 Å². The van der Waals surface area contributed by atoms with Gasteiger partial charge in [0.25, 0.3) is 0 Å². The van der Waals surface area contributed by atoms with Crippen molar-refractivity contribution < 1.29 is 24.2 Å². The standard InChI is InChI=1S/C19H19NO5S/c1-4-25-19(23)13-10-14(18(21)22)15(20-11-13)7-5-12-6-8-17(26-3)16(9-12)24-2/h5-11H,4H2,1-3H3,(H,21,22). The zero-order valence-electron chi connectivity index (χ0n) is 14.7. The summed E-state index contributed by atoms with van der Waals surface area (Å²) in [5.74, 6) is -1.03. The fourth-order valence-corrected chi connectivity index (χ4v) is 2.78. The third-order valence-corrected chi connectivity index (χ3v) is 4.28. The van der Waals surface area contributed by atoms with E-state index in [0.717, 1.165) is 16.2 Å². The molecular formula is C19H19NO5S. The molecule has 0 amide bonds. The fraction of sp³-hybridized carbons (Fsp3) is 0.211. The lowest BCUT2D eigenvalue weighted by Gasteiger charge is -2.07. The van der Waals surface area contributed by atoms with E-state index in [1.165, 1.54) is 12.3 Å². The minimum Gasteiger partial charge on any atom is -0.496 e. The van der Waals surface area contributed by atoms with E-state index >= 15 is 0 Å². The number of thioether (sulfide) groups is 1. The van der Waals surface area contributed by atoms with Crippen molar-refractivity contribution in [1.29, 1.82) is 0 Å². The fourth-order valence-electron chi connectivity index (χ4n) is 2.24. The van der Waals surface area contributed by atoms with Crippen LogP contribution in [0.2, 0.25) is 0 Å². The number of ether oxygens (including phenoxy) is 2. The highest BCUT2D eigenvalue weighted by molar-refractivity contribution is 7.98. The molecule has 2 rings (SSSR count). The Hall–Kier alpha value is -2.80. The van der Waals surface area contributed by atoms with Gasteiger partial charge in [0.2, 0.25) is 0 Å². The second-order valence-corrected chi connectivity index (χ2v) is 5.98. The molecule has 0 radical (unpaired) electrons. The molecule has 2 aromatic rings. The minimum absolute atomic E-state index is 0.0699. The predicted molar refractivity (Wildman–Crippen MR) is 101 cm³/mol. The highest BCUT2D eigenvalue weighted by Gasteiger charge is 2.15. The van der Waals surface area contributed by atoms with E-state index in [1.54, 1.807) is 37.9 Å². The van der Waals surface area contributed by atoms with Gasteiger partial charge in [-0.05, 0) is 43.0 Å². The number of benzene rings is 1. The summed E-state index contributed by atoms with van der Waals surface area (Å²) in [5.41, 5.74) is 1.12. The first kappa shape index (κ1) is 19.5. The van der Waals surface area contributed by atoms with Crippen LogP contribution in [0.15, 0.2) is 35.4 Å². The molecule has 0 atom stereocenters. The molecule has 0 fully saturated rings. The Kier molecular flexibility index (Phi) is 6.80. The van der Waals surface area contributed by atoms with Gasteiger partial charge < -0.3 is 14.6 Å². The number of methoxy groups -OCH3 is 1. The van der Waals surface area contributed by atoms with Crippen LogP contribution in [0.25, 0.3) is 12.2 Å². The molecule has 7 heteroatoms. The van der Waals surface area contributed by atoms with Crippen LogP contribution < -0.4 is 4.74 Å². The number of rotatable bonds is 7. The van der Waals surface area contributed by atoms with Crippen LogP contribution >= 0.6 is 11.8 Å². The van der Waals surface area contributed by atoms with E-state index in [-0.39, 0.29) is 23.4 Å². The lowest BCUT2D eigenvalue weighted by Crippen LogP contribution is -2.09. The molecule has 0 spiro atoms. The van der Waals surface area contributed by atoms with Crippen molar-refractivity contribution in [1.82, 2.24) is 4.98 Å². The Morgan fingerprint density at radius 3 is 2.65 bits per heavy atom. The molecule has 1 aromatic carbocycles. The van der Waals surface area contributed by atoms with E-state index in [0.29, 0.717) is 0 Å². The maximum absolute atomic E-state index is 11.8. The molecule has 1 aromatic heterocycles. The van der Waals surface area contributed by atoms with Crippen molar-refractivity contribution in [3.63, 3.8) is 0 Å². The first-order valence-electron chi connectivity index (χ1n) is 7.80. The van der Waals surface area contributed by atoms with Gasteiger partial charge in [-0.1, -0.05) is 12.1 Å². The lowest BCUT2D eigenvalue weighted by atomic mass is 10.1. The van der Waals surface area contributed by atoms with E-state index in [4.69, 9.17) is 9.47 Å². The van der Waals surface area contributed by atoms with Gasteiger partial charge in [-0.3, -0.25) is 4.98 Å². The number of aromatic nitrogens is 1. The van der Waals surface area contributed by atoms with Crippen molar-refractivity contribution in [3.8, 4) is 5.75 Å². The SMILES string of the molecule is CCOC(=O)c1cnc(C=Cc2ccc(SC)c(OC)c2)c(C(=O)O)c1. The van der Waals surface area contributed by atoms with Gasteiger partial charge in [-0.25, -0.2) is 9.59 Å². The summed E-state index contributed by atoms with van der Waals surface area (Å²) in [6, 6.07) is 6.96. The van der Waals surface area contributed by atoms with Crippen LogP contribution in [0.1, 0.15) is 38.9 Å². The third kappa shape index (κ3) is 4.64. The number of carboxylic acids is 1. The Balaban J connectivity index is 2.35. The topological polar surface area (TPSA) is 85.7 Å². The molecule has 0 saturated carbocycles. The molecule has 1 heterocycles. The summed E-state index contributed by atoms with van der Waals surface area (Å²) in [7, 11) is 1.60. The van der Waals surface area contributed by atoms with Crippen molar-refractivity contribution in [2.45, 2.75) is 11.8 Å². The number of carbonyl (C=O) groups excluding carboxylic acids is 1. The Morgan fingerprint density at radius 2 is 2.04 bits per heavy atom. The third-order valence-electron chi connectivity index (χ3n) is 3.50. The summed E-state index contributed by atoms with van der Waals surface area (Å²) < 4.78 is 10.2. The van der Waals surface area contributed by atoms with E-state index in [9.17, 15) is 14.7 Å². The van der Waals surface area contributed by atoms with Gasteiger partial charge in [0.15, 0.2) is 0 Å². The first-order valence-corrected chi connectivity index (χ1v) is 9.03. The number of aromatic carboxylic acids is 1. The van der Waals surface area contributed by atoms with Crippen molar-refractivity contribution >= 4 is 35.9 Å². The second kappa shape index (κ2) is 9.05. The van der Waals surface area contributed by atoms with Crippen molar-refractivity contribution in [3.05, 3.63) is 52.8 Å². The zero-order valence-corrected chi connectivity index (χ0v) is 15.5.